The molecule has 0 aromatic carbocycles. The van der Waals surface area contributed by atoms with Crippen molar-refractivity contribution >= 4 is 15.2 Å². The van der Waals surface area contributed by atoms with Crippen molar-refractivity contribution in [2.24, 2.45) is 0 Å². The van der Waals surface area contributed by atoms with Crippen LogP contribution in [0.2, 0.25) is 0 Å². The minimum atomic E-state index is -3.22. The van der Waals surface area contributed by atoms with Crippen LogP contribution in [-0.4, -0.2) is 89.1 Å². The van der Waals surface area contributed by atoms with Gasteiger partial charge < -0.3 is 37.0 Å². The molecule has 0 spiro atoms. The molecule has 0 aliphatic heterocycles. The summed E-state index contributed by atoms with van der Waals surface area (Å²) in [7, 11) is -6.41. The third-order valence-electron chi connectivity index (χ3n) is 4.35. The van der Waals surface area contributed by atoms with E-state index in [4.69, 9.17) is 37.0 Å². The lowest BCUT2D eigenvalue weighted by atomic mass is 10.1. The molecule has 0 amide bonds. The Labute approximate surface area is 213 Å². The average molecular weight is 549 g/mol. The zero-order valence-electron chi connectivity index (χ0n) is 23.3. The van der Waals surface area contributed by atoms with Crippen LogP contribution in [0.5, 0.6) is 0 Å². The summed E-state index contributed by atoms with van der Waals surface area (Å²) >= 11 is 0. The Kier molecular flexibility index (Phi) is 17.7. The highest BCUT2D eigenvalue weighted by Gasteiger charge is 2.28. The topological polar surface area (TPSA) is 108 Å². The van der Waals surface area contributed by atoms with Gasteiger partial charge in [0.05, 0.1) is 83.0 Å². The highest BCUT2D eigenvalue weighted by molar-refractivity contribution is 7.54. The molecule has 0 saturated carbocycles. The molecule has 0 heterocycles. The number of hydrogen-bond acceptors (Lipinski definition) is 10. The molecule has 0 bridgehead atoms. The van der Waals surface area contributed by atoms with E-state index in [1.54, 1.807) is 27.7 Å². The zero-order chi connectivity index (χ0) is 27.0. The van der Waals surface area contributed by atoms with Crippen LogP contribution in [0.15, 0.2) is 0 Å². The van der Waals surface area contributed by atoms with E-state index in [0.717, 1.165) is 0 Å². The Morgan fingerprint density at radius 3 is 1.54 bits per heavy atom. The Bertz CT molecular complexity index is 616. The van der Waals surface area contributed by atoms with Gasteiger partial charge in [-0.3, -0.25) is 9.13 Å². The van der Waals surface area contributed by atoms with Crippen molar-refractivity contribution in [3.8, 4) is 0 Å². The fraction of sp³-hybridized carbons (Fsp3) is 1.00. The van der Waals surface area contributed by atoms with Crippen LogP contribution >= 0.6 is 15.2 Å². The van der Waals surface area contributed by atoms with E-state index in [0.29, 0.717) is 19.8 Å². The van der Waals surface area contributed by atoms with Gasteiger partial charge in [0.25, 0.3) is 0 Å². The Morgan fingerprint density at radius 1 is 0.657 bits per heavy atom. The lowest BCUT2D eigenvalue weighted by Crippen LogP contribution is -2.39. The largest absolute Gasteiger partial charge is 0.378 e. The van der Waals surface area contributed by atoms with Crippen molar-refractivity contribution in [1.82, 2.24) is 0 Å². The van der Waals surface area contributed by atoms with Gasteiger partial charge in [0.2, 0.25) is 0 Å². The van der Waals surface area contributed by atoms with E-state index < -0.39 is 26.9 Å². The normalized spacial score (nSPS) is 14.4. The van der Waals surface area contributed by atoms with E-state index in [-0.39, 0.29) is 57.6 Å². The monoisotopic (exact) mass is 548 g/mol. The predicted molar refractivity (Wildman–Crippen MR) is 138 cm³/mol. The van der Waals surface area contributed by atoms with Gasteiger partial charge in [-0.2, -0.15) is 0 Å². The molecular weight excluding hydrogens is 498 g/mol. The number of rotatable bonds is 22. The average Bonchev–Trinajstić information content (AvgIpc) is 2.73. The second kappa shape index (κ2) is 17.6. The van der Waals surface area contributed by atoms with E-state index in [1.165, 1.54) is 0 Å². The molecule has 0 aliphatic rings. The summed E-state index contributed by atoms with van der Waals surface area (Å²) in [5.41, 5.74) is -0.838. The van der Waals surface area contributed by atoms with Gasteiger partial charge in [0.1, 0.15) is 6.10 Å². The molecule has 0 fully saturated rings. The zero-order valence-corrected chi connectivity index (χ0v) is 25.1. The van der Waals surface area contributed by atoms with Crippen molar-refractivity contribution in [2.75, 3.05) is 71.8 Å². The second-order valence-corrected chi connectivity index (χ2v) is 13.8. The van der Waals surface area contributed by atoms with E-state index in [9.17, 15) is 9.13 Å². The molecular formula is C23H50O10P2. The van der Waals surface area contributed by atoms with Crippen LogP contribution in [0.25, 0.3) is 0 Å². The minimum Gasteiger partial charge on any atom is -0.378 e. The molecule has 0 aromatic rings. The maximum absolute atomic E-state index is 12.7. The molecule has 212 valence electrons. The van der Waals surface area contributed by atoms with Crippen LogP contribution in [0.3, 0.4) is 0 Å². The first-order chi connectivity index (χ1) is 16.2. The van der Waals surface area contributed by atoms with Crippen molar-refractivity contribution < 1.29 is 46.2 Å². The maximum atomic E-state index is 12.7. The lowest BCUT2D eigenvalue weighted by molar-refractivity contribution is -0.142. The van der Waals surface area contributed by atoms with Crippen molar-refractivity contribution in [1.29, 1.82) is 0 Å². The fourth-order valence-electron chi connectivity index (χ4n) is 2.74. The van der Waals surface area contributed by atoms with Gasteiger partial charge in [0.15, 0.2) is 0 Å². The minimum absolute atomic E-state index is 0.117. The molecule has 12 heteroatoms. The summed E-state index contributed by atoms with van der Waals surface area (Å²) < 4.78 is 70.2. The smallest absolute Gasteiger partial charge is 0.332 e. The summed E-state index contributed by atoms with van der Waals surface area (Å²) in [6, 6.07) is 0. The summed E-state index contributed by atoms with van der Waals surface area (Å²) in [5, 5.41) is 0. The second-order valence-electron chi connectivity index (χ2n) is 9.38. The van der Waals surface area contributed by atoms with E-state index in [2.05, 4.69) is 0 Å². The Balaban J connectivity index is 4.98. The Hall–Kier alpha value is 0.140. The first kappa shape index (κ1) is 35.1. The first-order valence-corrected chi connectivity index (χ1v) is 15.9. The summed E-state index contributed by atoms with van der Waals surface area (Å²) in [4.78, 5) is 0. The van der Waals surface area contributed by atoms with Gasteiger partial charge in [0, 0.05) is 0 Å². The maximum Gasteiger partial charge on any atom is 0.332 e. The molecule has 1 atom stereocenters. The van der Waals surface area contributed by atoms with Gasteiger partial charge in [-0.1, -0.05) is 0 Å². The van der Waals surface area contributed by atoms with Crippen molar-refractivity contribution in [2.45, 2.75) is 79.6 Å². The number of hydrogen-bond donors (Lipinski definition) is 0. The molecule has 10 nitrogen and oxygen atoms in total. The molecule has 35 heavy (non-hydrogen) atoms. The highest BCUT2D eigenvalue weighted by atomic mass is 31.2. The molecule has 0 aromatic heterocycles. The van der Waals surface area contributed by atoms with Gasteiger partial charge in [-0.05, 0) is 62.3 Å². The number of ether oxygens (including phenoxy) is 4. The van der Waals surface area contributed by atoms with E-state index >= 15 is 0 Å². The molecule has 0 saturated heterocycles. The quantitative estimate of drug-likeness (QED) is 0.127. The molecule has 0 rings (SSSR count). The first-order valence-electron chi connectivity index (χ1n) is 12.5. The van der Waals surface area contributed by atoms with Crippen LogP contribution in [0.1, 0.15) is 62.3 Å². The van der Waals surface area contributed by atoms with Crippen LogP contribution < -0.4 is 0 Å². The summed E-state index contributed by atoms with van der Waals surface area (Å²) in [5.74, 6) is 0. The van der Waals surface area contributed by atoms with Crippen LogP contribution in [-0.2, 0) is 46.2 Å². The van der Waals surface area contributed by atoms with Crippen molar-refractivity contribution in [3.63, 3.8) is 0 Å². The molecule has 0 N–H and O–H groups in total. The van der Waals surface area contributed by atoms with E-state index in [1.807, 2.05) is 34.6 Å². The van der Waals surface area contributed by atoms with Gasteiger partial charge in [-0.25, -0.2) is 0 Å². The lowest BCUT2D eigenvalue weighted by Gasteiger charge is -2.31. The standard InChI is InChI=1S/C23H50O10P2/c1-10-30-34(24,31-11-2)16-14-26-18-21(19-28-23(8,9)20-29-22(5,6)7)27-15-17-35(25,32-12-3)33-13-4/h21H,10-20H2,1-9H3. The molecule has 0 aliphatic carbocycles. The molecule has 1 unspecified atom stereocenters. The highest BCUT2D eigenvalue weighted by Crippen LogP contribution is 2.48. The predicted octanol–water partition coefficient (Wildman–Crippen LogP) is 5.53. The molecule has 0 radical (unpaired) electrons. The Morgan fingerprint density at radius 2 is 1.11 bits per heavy atom. The van der Waals surface area contributed by atoms with Crippen molar-refractivity contribution in [3.05, 3.63) is 0 Å². The summed E-state index contributed by atoms with van der Waals surface area (Å²) in [6.45, 7) is 19.2. The SMILES string of the molecule is CCOP(=O)(CCOCC(COC(C)(C)COC(C)(C)C)OCCP(=O)(OCC)OCC)OCC. The van der Waals surface area contributed by atoms with Gasteiger partial charge in [-0.15, -0.1) is 0 Å². The third kappa shape index (κ3) is 18.1. The van der Waals surface area contributed by atoms with Crippen LogP contribution in [0.4, 0.5) is 0 Å². The van der Waals surface area contributed by atoms with Gasteiger partial charge >= 0.3 is 15.2 Å². The third-order valence-corrected chi connectivity index (χ3v) is 8.41. The fourth-order valence-corrected chi connectivity index (χ4v) is 5.66. The summed E-state index contributed by atoms with van der Waals surface area (Å²) in [6.07, 6.45) is -0.206. The van der Waals surface area contributed by atoms with Crippen LogP contribution in [0, 0.1) is 0 Å².